The second-order valence-corrected chi connectivity index (χ2v) is 5.33. The molecule has 1 aromatic heterocycles. The van der Waals surface area contributed by atoms with Crippen LogP contribution in [-0.2, 0) is 0 Å². The van der Waals surface area contributed by atoms with Gasteiger partial charge in [0.05, 0.1) is 10.9 Å². The van der Waals surface area contributed by atoms with Crippen LogP contribution in [0.25, 0.3) is 0 Å². The fourth-order valence-corrected chi connectivity index (χ4v) is 4.22. The smallest absolute Gasteiger partial charge is 0.0893 e. The summed E-state index contributed by atoms with van der Waals surface area (Å²) < 4.78 is 3.87. The number of hydrogen-bond donors (Lipinski definition) is 0. The second kappa shape index (κ2) is 3.78. The van der Waals surface area contributed by atoms with E-state index in [1.54, 1.807) is 0 Å². The van der Waals surface area contributed by atoms with Crippen molar-refractivity contribution in [3.8, 4) is 0 Å². The quantitative estimate of drug-likeness (QED) is 0.699. The summed E-state index contributed by atoms with van der Waals surface area (Å²) in [6.07, 6.45) is 0. The Bertz CT molecular complexity index is 206. The lowest BCUT2D eigenvalue weighted by atomic mass is 10.4. The second-order valence-electron chi connectivity index (χ2n) is 2.26. The van der Waals surface area contributed by atoms with E-state index in [1.165, 1.54) is 34.5 Å². The van der Waals surface area contributed by atoms with Crippen LogP contribution in [-0.4, -0.2) is 26.8 Å². The van der Waals surface area contributed by atoms with Gasteiger partial charge in [-0.05, 0) is 11.5 Å². The van der Waals surface area contributed by atoms with Crippen molar-refractivity contribution in [3.63, 3.8) is 0 Å². The van der Waals surface area contributed by atoms with Crippen molar-refractivity contribution in [1.82, 2.24) is 9.59 Å². The van der Waals surface area contributed by atoms with Gasteiger partial charge < -0.3 is 0 Å². The summed E-state index contributed by atoms with van der Waals surface area (Å²) in [4.78, 5) is 0. The zero-order chi connectivity index (χ0) is 7.52. The maximum Gasteiger partial charge on any atom is 0.0893 e. The average Bonchev–Trinajstić information content (AvgIpc) is 2.58. The lowest BCUT2D eigenvalue weighted by Crippen LogP contribution is -2.06. The monoisotopic (exact) mass is 204 g/mol. The fourth-order valence-electron chi connectivity index (χ4n) is 0.971. The van der Waals surface area contributed by atoms with E-state index >= 15 is 0 Å². The van der Waals surface area contributed by atoms with Crippen LogP contribution in [0.1, 0.15) is 10.9 Å². The summed E-state index contributed by atoms with van der Waals surface area (Å²) >= 11 is 5.47. The fraction of sp³-hybridized carbons (Fsp3) is 0.667. The standard InChI is InChI=1S/C6H8N2S3/c1-2-10-6(4-9-1)5-3-11-8-7-5/h3,6H,1-2,4H2. The topological polar surface area (TPSA) is 25.8 Å². The van der Waals surface area contributed by atoms with Crippen LogP contribution in [0, 0.1) is 0 Å². The van der Waals surface area contributed by atoms with Crippen molar-refractivity contribution in [1.29, 1.82) is 0 Å². The largest absolute Gasteiger partial charge is 0.160 e. The van der Waals surface area contributed by atoms with Crippen LogP contribution in [0.5, 0.6) is 0 Å². The average molecular weight is 204 g/mol. The zero-order valence-corrected chi connectivity index (χ0v) is 8.34. The molecular formula is C6H8N2S3. The molecule has 0 aliphatic carbocycles. The van der Waals surface area contributed by atoms with E-state index in [1.807, 2.05) is 23.5 Å². The van der Waals surface area contributed by atoms with Crippen molar-refractivity contribution in [2.45, 2.75) is 5.25 Å². The van der Waals surface area contributed by atoms with Crippen molar-refractivity contribution >= 4 is 35.1 Å². The van der Waals surface area contributed by atoms with Crippen molar-refractivity contribution in [3.05, 3.63) is 11.1 Å². The van der Waals surface area contributed by atoms with Crippen LogP contribution in [0.4, 0.5) is 0 Å². The maximum absolute atomic E-state index is 4.07. The molecule has 2 heterocycles. The Morgan fingerprint density at radius 1 is 1.45 bits per heavy atom. The Hall–Kier alpha value is 0.260. The van der Waals surface area contributed by atoms with Crippen LogP contribution in [0.3, 0.4) is 0 Å². The predicted molar refractivity (Wildman–Crippen MR) is 52.4 cm³/mol. The molecule has 2 nitrogen and oxygen atoms in total. The van der Waals surface area contributed by atoms with Gasteiger partial charge in [-0.2, -0.15) is 23.5 Å². The number of thioether (sulfide) groups is 2. The Morgan fingerprint density at radius 3 is 3.09 bits per heavy atom. The molecule has 2 rings (SSSR count). The molecule has 1 aliphatic heterocycles. The highest BCUT2D eigenvalue weighted by atomic mass is 32.2. The minimum absolute atomic E-state index is 0.604. The van der Waals surface area contributed by atoms with Gasteiger partial charge in [0.2, 0.25) is 0 Å². The Balaban J connectivity index is 2.04. The molecule has 1 unspecified atom stereocenters. The summed E-state index contributed by atoms with van der Waals surface area (Å²) in [5.74, 6) is 3.75. The molecule has 0 bridgehead atoms. The highest BCUT2D eigenvalue weighted by Gasteiger charge is 2.18. The summed E-state index contributed by atoms with van der Waals surface area (Å²) in [6.45, 7) is 0. The highest BCUT2D eigenvalue weighted by molar-refractivity contribution is 8.06. The van der Waals surface area contributed by atoms with E-state index in [2.05, 4.69) is 15.0 Å². The first kappa shape index (κ1) is 7.89. The van der Waals surface area contributed by atoms with Crippen LogP contribution >= 0.6 is 35.1 Å². The van der Waals surface area contributed by atoms with E-state index in [0.29, 0.717) is 5.25 Å². The molecule has 0 N–H and O–H groups in total. The first-order valence-corrected chi connectivity index (χ1v) is 6.47. The lowest BCUT2D eigenvalue weighted by molar-refractivity contribution is 0.974. The minimum Gasteiger partial charge on any atom is -0.160 e. The molecule has 0 saturated carbocycles. The molecular weight excluding hydrogens is 196 g/mol. The first-order valence-electron chi connectivity index (χ1n) is 3.43. The zero-order valence-electron chi connectivity index (χ0n) is 5.90. The van der Waals surface area contributed by atoms with Gasteiger partial charge in [0.15, 0.2) is 0 Å². The normalized spacial score (nSPS) is 25.3. The summed E-state index contributed by atoms with van der Waals surface area (Å²) in [5, 5.41) is 6.74. The van der Waals surface area contributed by atoms with E-state index < -0.39 is 0 Å². The van der Waals surface area contributed by atoms with E-state index in [0.717, 1.165) is 0 Å². The van der Waals surface area contributed by atoms with Gasteiger partial charge in [-0.3, -0.25) is 0 Å². The summed E-state index contributed by atoms with van der Waals surface area (Å²) in [7, 11) is 0. The number of aromatic nitrogens is 2. The molecule has 60 valence electrons. The predicted octanol–water partition coefficient (Wildman–Crippen LogP) is 2.06. The van der Waals surface area contributed by atoms with Crippen LogP contribution in [0.2, 0.25) is 0 Å². The molecule has 0 spiro atoms. The molecule has 1 atom stereocenters. The van der Waals surface area contributed by atoms with Gasteiger partial charge in [0.25, 0.3) is 0 Å². The van der Waals surface area contributed by atoms with Crippen molar-refractivity contribution < 1.29 is 0 Å². The lowest BCUT2D eigenvalue weighted by Gasteiger charge is -2.17. The van der Waals surface area contributed by atoms with Gasteiger partial charge in [0.1, 0.15) is 0 Å². The SMILES string of the molecule is c1snnc1C1CSCCS1. The molecule has 0 aromatic carbocycles. The molecule has 11 heavy (non-hydrogen) atoms. The number of hydrogen-bond acceptors (Lipinski definition) is 5. The Morgan fingerprint density at radius 2 is 2.45 bits per heavy atom. The van der Waals surface area contributed by atoms with Gasteiger partial charge in [-0.25, -0.2) is 0 Å². The van der Waals surface area contributed by atoms with Gasteiger partial charge in [0, 0.05) is 22.6 Å². The molecule has 1 aromatic rings. The Kier molecular flexibility index (Phi) is 2.71. The summed E-state index contributed by atoms with van der Waals surface area (Å²) in [6, 6.07) is 0. The van der Waals surface area contributed by atoms with Crippen LogP contribution < -0.4 is 0 Å². The third-order valence-electron chi connectivity index (χ3n) is 1.52. The Labute approximate surface area is 78.3 Å². The number of rotatable bonds is 1. The van der Waals surface area contributed by atoms with Crippen LogP contribution in [0.15, 0.2) is 5.38 Å². The van der Waals surface area contributed by atoms with Crippen molar-refractivity contribution in [2.75, 3.05) is 17.3 Å². The van der Waals surface area contributed by atoms with Gasteiger partial charge >= 0.3 is 0 Å². The first-order chi connectivity index (χ1) is 5.47. The van der Waals surface area contributed by atoms with Gasteiger partial charge in [-0.15, -0.1) is 5.10 Å². The molecule has 0 amide bonds. The summed E-state index contributed by atoms with van der Waals surface area (Å²) in [5.41, 5.74) is 1.17. The van der Waals surface area contributed by atoms with Gasteiger partial charge in [-0.1, -0.05) is 4.49 Å². The van der Waals surface area contributed by atoms with Crippen molar-refractivity contribution in [2.24, 2.45) is 0 Å². The molecule has 1 aliphatic rings. The minimum atomic E-state index is 0.604. The van der Waals surface area contributed by atoms with E-state index in [9.17, 15) is 0 Å². The molecule has 1 fully saturated rings. The third-order valence-corrected chi connectivity index (χ3v) is 4.83. The number of nitrogens with zero attached hydrogens (tertiary/aromatic N) is 2. The van der Waals surface area contributed by atoms with E-state index in [4.69, 9.17) is 0 Å². The molecule has 1 saturated heterocycles. The highest BCUT2D eigenvalue weighted by Crippen LogP contribution is 2.35. The van der Waals surface area contributed by atoms with E-state index in [-0.39, 0.29) is 0 Å². The molecule has 0 radical (unpaired) electrons. The maximum atomic E-state index is 4.07. The third kappa shape index (κ3) is 1.89. The molecule has 5 heteroatoms.